The Morgan fingerprint density at radius 2 is 1.64 bits per heavy atom. The third-order valence-corrected chi connectivity index (χ3v) is 8.85. The van der Waals surface area contributed by atoms with Crippen molar-refractivity contribution in [2.45, 2.75) is 51.1 Å². The highest BCUT2D eigenvalue weighted by atomic mass is 16.5. The van der Waals surface area contributed by atoms with E-state index in [2.05, 4.69) is 20.7 Å². The first-order valence-corrected chi connectivity index (χ1v) is 15.2. The Morgan fingerprint density at radius 3 is 2.25 bits per heavy atom. The van der Waals surface area contributed by atoms with Crippen molar-refractivity contribution in [2.75, 3.05) is 54.0 Å². The van der Waals surface area contributed by atoms with Crippen molar-refractivity contribution in [1.82, 2.24) is 30.3 Å². The van der Waals surface area contributed by atoms with Gasteiger partial charge in [-0.3, -0.25) is 24.0 Å². The number of nitrogens with one attached hydrogen (secondary N) is 3. The monoisotopic (exact) mass is 612 g/mol. The highest BCUT2D eigenvalue weighted by Gasteiger charge is 2.37. The number of hydrogen-bond donors (Lipinski definition) is 3. The molecule has 1 aromatic heterocycles. The number of amides is 4. The second-order valence-electron chi connectivity index (χ2n) is 11.4. The van der Waals surface area contributed by atoms with Crippen LogP contribution in [0, 0.1) is 5.92 Å². The number of methoxy groups -OCH3 is 2. The van der Waals surface area contributed by atoms with Gasteiger partial charge in [0.1, 0.15) is 24.0 Å². The highest BCUT2D eigenvalue weighted by molar-refractivity contribution is 6.16. The van der Waals surface area contributed by atoms with Crippen molar-refractivity contribution >= 4 is 40.5 Å². The molecule has 4 amide bonds. The van der Waals surface area contributed by atoms with Gasteiger partial charge in [0.15, 0.2) is 0 Å². The zero-order chi connectivity index (χ0) is 32.0. The summed E-state index contributed by atoms with van der Waals surface area (Å²) in [6, 6.07) is 4.12. The molecule has 13 nitrogen and oxygen atoms in total. The molecule has 2 aromatic rings. The average molecular weight is 613 g/mol. The standard InChI is InChI=1S/C31H44N6O7/c1-19(32-2)28(39)34-26(20-9-7-6-8-10-20)30(41)36-13-15-37(16-14-36)31(42)27-25(29(40)33-18-24(38)44-5)22-12-11-21(43-4)17-23(22)35(27)3/h11-12,17,19-20,26,32H,6-10,13-16,18H2,1-5H3,(H,33,40)(H,34,39)/t19-,26-/m0/s1. The third-order valence-electron chi connectivity index (χ3n) is 8.85. The van der Waals surface area contributed by atoms with Crippen LogP contribution in [0.4, 0.5) is 0 Å². The number of nitrogens with zero attached hydrogens (tertiary/aromatic N) is 3. The molecular weight excluding hydrogens is 568 g/mol. The first-order chi connectivity index (χ1) is 21.1. The summed E-state index contributed by atoms with van der Waals surface area (Å²) in [6.45, 7) is 2.53. The molecule has 4 rings (SSSR count). The van der Waals surface area contributed by atoms with E-state index in [0.29, 0.717) is 29.7 Å². The number of likely N-dealkylation sites (N-methyl/N-ethyl adjacent to an activating group) is 1. The summed E-state index contributed by atoms with van der Waals surface area (Å²) in [5.41, 5.74) is 0.937. The van der Waals surface area contributed by atoms with Gasteiger partial charge < -0.3 is 39.8 Å². The largest absolute Gasteiger partial charge is 0.497 e. The minimum atomic E-state index is -0.614. The average Bonchev–Trinajstić information content (AvgIpc) is 3.36. The number of ether oxygens (including phenoxy) is 2. The number of benzene rings is 1. The highest BCUT2D eigenvalue weighted by Crippen LogP contribution is 2.31. The summed E-state index contributed by atoms with van der Waals surface area (Å²) in [5.74, 6) is -1.26. The smallest absolute Gasteiger partial charge is 0.325 e. The van der Waals surface area contributed by atoms with Crippen LogP contribution in [0.3, 0.4) is 0 Å². The van der Waals surface area contributed by atoms with Gasteiger partial charge >= 0.3 is 5.97 Å². The number of aryl methyl sites for hydroxylation is 1. The van der Waals surface area contributed by atoms with E-state index >= 15 is 0 Å². The van der Waals surface area contributed by atoms with Crippen molar-refractivity contribution in [3.05, 3.63) is 29.5 Å². The Hall–Kier alpha value is -4.13. The van der Waals surface area contributed by atoms with Crippen molar-refractivity contribution in [3.63, 3.8) is 0 Å². The SMILES string of the molecule is CN[C@@H](C)C(=O)N[C@H](C(=O)N1CCN(C(=O)c2c(C(=O)NCC(=O)OC)c3ccc(OC)cc3n2C)CC1)C1CCCCC1. The predicted octanol–water partition coefficient (Wildman–Crippen LogP) is 1.05. The number of aromatic nitrogens is 1. The number of carbonyl (C=O) groups excluding carboxylic acids is 5. The van der Waals surface area contributed by atoms with Crippen LogP contribution in [-0.4, -0.2) is 110 Å². The fraction of sp³-hybridized carbons (Fsp3) is 0.581. The van der Waals surface area contributed by atoms with Gasteiger partial charge in [0, 0.05) is 44.7 Å². The molecule has 0 spiro atoms. The number of carbonyl (C=O) groups is 5. The fourth-order valence-corrected chi connectivity index (χ4v) is 6.07. The van der Waals surface area contributed by atoms with E-state index < -0.39 is 24.0 Å². The topological polar surface area (TPSA) is 151 Å². The van der Waals surface area contributed by atoms with E-state index in [1.165, 1.54) is 14.2 Å². The van der Waals surface area contributed by atoms with Gasteiger partial charge in [-0.15, -0.1) is 0 Å². The van der Waals surface area contributed by atoms with Crippen LogP contribution in [0.25, 0.3) is 10.9 Å². The zero-order valence-electron chi connectivity index (χ0n) is 26.2. The summed E-state index contributed by atoms with van der Waals surface area (Å²) in [7, 11) is 6.17. The lowest BCUT2D eigenvalue weighted by atomic mass is 9.83. The van der Waals surface area contributed by atoms with Crippen LogP contribution in [0.5, 0.6) is 5.75 Å². The lowest BCUT2D eigenvalue weighted by Crippen LogP contribution is -2.59. The maximum Gasteiger partial charge on any atom is 0.325 e. The van der Waals surface area contributed by atoms with Gasteiger partial charge in [0.05, 0.1) is 31.3 Å². The van der Waals surface area contributed by atoms with Gasteiger partial charge in [-0.2, -0.15) is 0 Å². The summed E-state index contributed by atoms with van der Waals surface area (Å²) in [5, 5.41) is 9.03. The number of esters is 1. The molecule has 13 heteroatoms. The Labute approximate surface area is 257 Å². The molecule has 2 fully saturated rings. The lowest BCUT2D eigenvalue weighted by molar-refractivity contribution is -0.140. The Kier molecular flexibility index (Phi) is 10.8. The normalized spacial score (nSPS) is 17.1. The molecule has 44 heavy (non-hydrogen) atoms. The third kappa shape index (κ3) is 6.98. The van der Waals surface area contributed by atoms with Crippen molar-refractivity contribution < 1.29 is 33.4 Å². The molecule has 1 aliphatic carbocycles. The molecule has 2 aliphatic rings. The number of hydrogen-bond acceptors (Lipinski definition) is 8. The fourth-order valence-electron chi connectivity index (χ4n) is 6.07. The second kappa shape index (κ2) is 14.6. The number of piperazine rings is 1. The van der Waals surface area contributed by atoms with Crippen molar-refractivity contribution in [1.29, 1.82) is 0 Å². The van der Waals surface area contributed by atoms with Gasteiger partial charge in [0.25, 0.3) is 11.8 Å². The number of fused-ring (bicyclic) bond motifs is 1. The molecule has 240 valence electrons. The van der Waals surface area contributed by atoms with Gasteiger partial charge in [-0.25, -0.2) is 0 Å². The van der Waals surface area contributed by atoms with Crippen molar-refractivity contribution in [2.24, 2.45) is 13.0 Å². The summed E-state index contributed by atoms with van der Waals surface area (Å²) < 4.78 is 11.7. The van der Waals surface area contributed by atoms with Crippen LogP contribution in [0.15, 0.2) is 18.2 Å². The Bertz CT molecular complexity index is 1390. The lowest BCUT2D eigenvalue weighted by Gasteiger charge is -2.39. The number of rotatable bonds is 10. The molecule has 0 radical (unpaired) electrons. The van der Waals surface area contributed by atoms with Gasteiger partial charge in [-0.05, 0) is 44.9 Å². The first kappa shape index (κ1) is 32.8. The molecule has 0 bridgehead atoms. The molecule has 1 saturated heterocycles. The molecule has 1 saturated carbocycles. The van der Waals surface area contributed by atoms with E-state index in [-0.39, 0.29) is 54.5 Å². The van der Waals surface area contributed by atoms with E-state index in [4.69, 9.17) is 4.74 Å². The molecule has 1 aliphatic heterocycles. The van der Waals surface area contributed by atoms with Crippen LogP contribution in [-0.2, 0) is 26.2 Å². The predicted molar refractivity (Wildman–Crippen MR) is 163 cm³/mol. The second-order valence-corrected chi connectivity index (χ2v) is 11.4. The minimum absolute atomic E-state index is 0.0720. The van der Waals surface area contributed by atoms with E-state index in [1.807, 2.05) is 0 Å². The van der Waals surface area contributed by atoms with Crippen LogP contribution in [0.2, 0.25) is 0 Å². The maximum absolute atomic E-state index is 14.0. The van der Waals surface area contributed by atoms with Crippen LogP contribution >= 0.6 is 0 Å². The molecule has 3 N–H and O–H groups in total. The summed E-state index contributed by atoms with van der Waals surface area (Å²) >= 11 is 0. The molecule has 0 unspecified atom stereocenters. The van der Waals surface area contributed by atoms with Gasteiger partial charge in [0.2, 0.25) is 11.8 Å². The molecular formula is C31H44N6O7. The van der Waals surface area contributed by atoms with E-state index in [1.54, 1.807) is 53.6 Å². The summed E-state index contributed by atoms with van der Waals surface area (Å²) in [6.07, 6.45) is 4.95. The minimum Gasteiger partial charge on any atom is -0.497 e. The zero-order valence-corrected chi connectivity index (χ0v) is 26.2. The quantitative estimate of drug-likeness (QED) is 0.337. The molecule has 2 heterocycles. The van der Waals surface area contributed by atoms with Crippen molar-refractivity contribution in [3.8, 4) is 5.75 Å². The van der Waals surface area contributed by atoms with Crippen LogP contribution < -0.4 is 20.7 Å². The first-order valence-electron chi connectivity index (χ1n) is 15.2. The van der Waals surface area contributed by atoms with E-state index in [9.17, 15) is 24.0 Å². The molecule has 1 aromatic carbocycles. The van der Waals surface area contributed by atoms with E-state index in [0.717, 1.165) is 32.1 Å². The maximum atomic E-state index is 14.0. The molecule has 2 atom stereocenters. The van der Waals surface area contributed by atoms with Gasteiger partial charge in [-0.1, -0.05) is 19.3 Å². The Balaban J connectivity index is 1.55. The summed E-state index contributed by atoms with van der Waals surface area (Å²) in [4.78, 5) is 69.0. The Morgan fingerprint density at radius 1 is 0.977 bits per heavy atom. The van der Waals surface area contributed by atoms with Crippen LogP contribution in [0.1, 0.15) is 59.9 Å².